The van der Waals surface area contributed by atoms with Crippen molar-refractivity contribution < 1.29 is 19.1 Å². The molecular formula is C17H25N3O4. The van der Waals surface area contributed by atoms with Gasteiger partial charge >= 0.3 is 6.03 Å². The van der Waals surface area contributed by atoms with E-state index in [1.54, 1.807) is 23.8 Å². The number of amides is 3. The van der Waals surface area contributed by atoms with E-state index in [0.717, 1.165) is 5.56 Å². The fraction of sp³-hybridized carbons (Fsp3) is 0.529. The van der Waals surface area contributed by atoms with E-state index in [-0.39, 0.29) is 11.9 Å². The molecule has 3 amide bonds. The molecular weight excluding hydrogens is 310 g/mol. The second-order valence-corrected chi connectivity index (χ2v) is 5.73. The SMILES string of the molecule is COc1cc(C)ccc1OCCNC(=O)N1CCN(C(C)=O)CC1. The molecule has 1 heterocycles. The lowest BCUT2D eigenvalue weighted by Crippen LogP contribution is -2.53. The third-order valence-corrected chi connectivity index (χ3v) is 3.97. The van der Waals surface area contributed by atoms with Crippen LogP contribution in [0.1, 0.15) is 12.5 Å². The van der Waals surface area contributed by atoms with Gasteiger partial charge in [0.2, 0.25) is 5.91 Å². The van der Waals surface area contributed by atoms with Crippen LogP contribution in [0.3, 0.4) is 0 Å². The Morgan fingerprint density at radius 3 is 2.42 bits per heavy atom. The molecule has 0 unspecified atom stereocenters. The van der Waals surface area contributed by atoms with Crippen molar-refractivity contribution in [3.05, 3.63) is 23.8 Å². The summed E-state index contributed by atoms with van der Waals surface area (Å²) in [5.41, 5.74) is 1.09. The smallest absolute Gasteiger partial charge is 0.317 e. The Balaban J connectivity index is 1.71. The van der Waals surface area contributed by atoms with E-state index in [9.17, 15) is 9.59 Å². The van der Waals surface area contributed by atoms with Crippen LogP contribution < -0.4 is 14.8 Å². The lowest BCUT2D eigenvalue weighted by molar-refractivity contribution is -0.130. The third-order valence-electron chi connectivity index (χ3n) is 3.97. The normalized spacial score (nSPS) is 14.3. The molecule has 0 bridgehead atoms. The van der Waals surface area contributed by atoms with Crippen molar-refractivity contribution in [2.45, 2.75) is 13.8 Å². The molecule has 1 aromatic carbocycles. The number of rotatable bonds is 5. The van der Waals surface area contributed by atoms with E-state index in [0.29, 0.717) is 50.8 Å². The van der Waals surface area contributed by atoms with Crippen LogP contribution in [0.4, 0.5) is 4.79 Å². The average Bonchev–Trinajstić information content (AvgIpc) is 2.59. The zero-order valence-corrected chi connectivity index (χ0v) is 14.5. The lowest BCUT2D eigenvalue weighted by atomic mass is 10.2. The van der Waals surface area contributed by atoms with Crippen molar-refractivity contribution in [2.75, 3.05) is 46.4 Å². The van der Waals surface area contributed by atoms with E-state index in [1.807, 2.05) is 25.1 Å². The Morgan fingerprint density at radius 2 is 1.79 bits per heavy atom. The van der Waals surface area contributed by atoms with Gasteiger partial charge in [0.25, 0.3) is 0 Å². The molecule has 1 aliphatic heterocycles. The number of ether oxygens (including phenoxy) is 2. The van der Waals surface area contributed by atoms with Crippen LogP contribution in [0.5, 0.6) is 11.5 Å². The molecule has 1 fully saturated rings. The number of nitrogens with one attached hydrogen (secondary N) is 1. The summed E-state index contributed by atoms with van der Waals surface area (Å²) < 4.78 is 10.9. The maximum atomic E-state index is 12.1. The Bertz CT molecular complexity index is 583. The van der Waals surface area contributed by atoms with Crippen molar-refractivity contribution >= 4 is 11.9 Å². The molecule has 0 atom stereocenters. The summed E-state index contributed by atoms with van der Waals surface area (Å²) in [5, 5.41) is 2.83. The van der Waals surface area contributed by atoms with Crippen molar-refractivity contribution in [1.29, 1.82) is 0 Å². The van der Waals surface area contributed by atoms with Crippen LogP contribution in [0.15, 0.2) is 18.2 Å². The number of methoxy groups -OCH3 is 1. The number of hydrogen-bond acceptors (Lipinski definition) is 4. The molecule has 0 radical (unpaired) electrons. The van der Waals surface area contributed by atoms with Gasteiger partial charge < -0.3 is 24.6 Å². The van der Waals surface area contributed by atoms with Gasteiger partial charge in [-0.05, 0) is 24.6 Å². The summed E-state index contributed by atoms with van der Waals surface area (Å²) in [5.74, 6) is 1.39. The monoisotopic (exact) mass is 335 g/mol. The van der Waals surface area contributed by atoms with Gasteiger partial charge in [-0.1, -0.05) is 6.07 Å². The van der Waals surface area contributed by atoms with E-state index in [1.165, 1.54) is 0 Å². The van der Waals surface area contributed by atoms with Crippen LogP contribution in [0, 0.1) is 6.92 Å². The second kappa shape index (κ2) is 8.42. The first-order valence-corrected chi connectivity index (χ1v) is 8.07. The minimum atomic E-state index is -0.127. The molecule has 1 saturated heterocycles. The number of nitrogens with zero attached hydrogens (tertiary/aromatic N) is 2. The highest BCUT2D eigenvalue weighted by atomic mass is 16.5. The van der Waals surface area contributed by atoms with Crippen LogP contribution in [-0.2, 0) is 4.79 Å². The number of carbonyl (C=O) groups excluding carboxylic acids is 2. The maximum absolute atomic E-state index is 12.1. The highest BCUT2D eigenvalue weighted by molar-refractivity contribution is 5.76. The van der Waals surface area contributed by atoms with E-state index in [4.69, 9.17) is 9.47 Å². The average molecular weight is 335 g/mol. The summed E-state index contributed by atoms with van der Waals surface area (Å²) in [7, 11) is 1.60. The molecule has 132 valence electrons. The Kier molecular flexibility index (Phi) is 6.28. The molecule has 0 saturated carbocycles. The van der Waals surface area contributed by atoms with Crippen LogP contribution in [0.2, 0.25) is 0 Å². The standard InChI is InChI=1S/C17H25N3O4/c1-13-4-5-15(16(12-13)23-3)24-11-6-18-17(22)20-9-7-19(8-10-20)14(2)21/h4-5,12H,6-11H2,1-3H3,(H,18,22). The summed E-state index contributed by atoms with van der Waals surface area (Å²) in [6.07, 6.45) is 0. The van der Waals surface area contributed by atoms with Gasteiger partial charge in [0.1, 0.15) is 6.61 Å². The minimum Gasteiger partial charge on any atom is -0.493 e. The van der Waals surface area contributed by atoms with Crippen molar-refractivity contribution in [2.24, 2.45) is 0 Å². The molecule has 1 aromatic rings. The summed E-state index contributed by atoms with van der Waals surface area (Å²) in [6.45, 7) is 6.57. The van der Waals surface area contributed by atoms with Crippen molar-refractivity contribution in [3.8, 4) is 11.5 Å². The molecule has 2 rings (SSSR count). The van der Waals surface area contributed by atoms with Gasteiger partial charge in [0, 0.05) is 33.1 Å². The van der Waals surface area contributed by atoms with Crippen LogP contribution in [0.25, 0.3) is 0 Å². The first kappa shape index (κ1) is 17.9. The highest BCUT2D eigenvalue weighted by Crippen LogP contribution is 2.27. The summed E-state index contributed by atoms with van der Waals surface area (Å²) >= 11 is 0. The minimum absolute atomic E-state index is 0.0514. The molecule has 0 spiro atoms. The maximum Gasteiger partial charge on any atom is 0.317 e. The largest absolute Gasteiger partial charge is 0.493 e. The Morgan fingerprint density at radius 1 is 1.12 bits per heavy atom. The second-order valence-electron chi connectivity index (χ2n) is 5.73. The fourth-order valence-corrected chi connectivity index (χ4v) is 2.55. The molecule has 7 nitrogen and oxygen atoms in total. The molecule has 1 N–H and O–H groups in total. The van der Waals surface area contributed by atoms with Gasteiger partial charge in [-0.25, -0.2) is 4.79 Å². The number of hydrogen-bond donors (Lipinski definition) is 1. The summed E-state index contributed by atoms with van der Waals surface area (Å²) in [6, 6.07) is 5.59. The number of aryl methyl sites for hydroxylation is 1. The van der Waals surface area contributed by atoms with Gasteiger partial charge in [-0.3, -0.25) is 4.79 Å². The predicted molar refractivity (Wildman–Crippen MR) is 90.5 cm³/mol. The molecule has 0 aromatic heterocycles. The zero-order chi connectivity index (χ0) is 17.5. The Hall–Kier alpha value is -2.44. The molecule has 1 aliphatic rings. The first-order chi connectivity index (χ1) is 11.5. The van der Waals surface area contributed by atoms with Gasteiger partial charge in [-0.15, -0.1) is 0 Å². The van der Waals surface area contributed by atoms with Crippen molar-refractivity contribution in [1.82, 2.24) is 15.1 Å². The lowest BCUT2D eigenvalue weighted by Gasteiger charge is -2.34. The van der Waals surface area contributed by atoms with Crippen LogP contribution in [-0.4, -0.2) is 68.2 Å². The van der Waals surface area contributed by atoms with E-state index >= 15 is 0 Å². The highest BCUT2D eigenvalue weighted by Gasteiger charge is 2.21. The van der Waals surface area contributed by atoms with Gasteiger partial charge in [-0.2, -0.15) is 0 Å². The Labute approximate surface area is 142 Å². The predicted octanol–water partition coefficient (Wildman–Crippen LogP) is 1.26. The topological polar surface area (TPSA) is 71.1 Å². The molecule has 24 heavy (non-hydrogen) atoms. The number of benzene rings is 1. The quantitative estimate of drug-likeness (QED) is 0.822. The number of piperazine rings is 1. The molecule has 0 aliphatic carbocycles. The van der Waals surface area contributed by atoms with Gasteiger partial charge in [0.15, 0.2) is 11.5 Å². The van der Waals surface area contributed by atoms with Crippen molar-refractivity contribution in [3.63, 3.8) is 0 Å². The van der Waals surface area contributed by atoms with Crippen LogP contribution >= 0.6 is 0 Å². The number of carbonyl (C=O) groups is 2. The zero-order valence-electron chi connectivity index (χ0n) is 14.5. The number of urea groups is 1. The van der Waals surface area contributed by atoms with Gasteiger partial charge in [0.05, 0.1) is 13.7 Å². The fourth-order valence-electron chi connectivity index (χ4n) is 2.55. The summed E-state index contributed by atoms with van der Waals surface area (Å²) in [4.78, 5) is 26.8. The van der Waals surface area contributed by atoms with E-state index in [2.05, 4.69) is 5.32 Å². The first-order valence-electron chi connectivity index (χ1n) is 8.07. The third kappa shape index (κ3) is 4.78. The molecule has 7 heteroatoms. The van der Waals surface area contributed by atoms with E-state index < -0.39 is 0 Å².